The molecule has 1 saturated heterocycles. The predicted molar refractivity (Wildman–Crippen MR) is 168 cm³/mol. The molecule has 1 N–H and O–H groups in total. The van der Waals surface area contributed by atoms with E-state index in [2.05, 4.69) is 59.9 Å². The number of carbonyl (C=O) groups excluding carboxylic acids is 2. The maximum absolute atomic E-state index is 15.5. The first-order valence-corrected chi connectivity index (χ1v) is 15.4. The highest BCUT2D eigenvalue weighted by Crippen LogP contribution is 2.68. The zero-order chi connectivity index (χ0) is 29.6. The SMILES string of the molecule is COc1ccccc1CC(=O)N(C(=O)[C@]12CNC[C@H]1[C@@]1(c3ccccc3)CC[C@@H]2c2ccccc21)[C@H](C)c1ccccc1. The van der Waals surface area contributed by atoms with E-state index in [4.69, 9.17) is 4.74 Å². The van der Waals surface area contributed by atoms with Crippen LogP contribution in [0.25, 0.3) is 0 Å². The number of fused-ring (bicyclic) bond motifs is 1. The highest BCUT2D eigenvalue weighted by molar-refractivity contribution is 6.01. The fraction of sp³-hybridized carbons (Fsp3) is 0.316. The third kappa shape index (κ3) is 4.09. The molecular weight excluding hydrogens is 532 g/mol. The molecule has 5 heteroatoms. The lowest BCUT2D eigenvalue weighted by molar-refractivity contribution is -0.160. The Morgan fingerprint density at radius 2 is 1.58 bits per heavy atom. The Morgan fingerprint density at radius 3 is 2.35 bits per heavy atom. The number of para-hydroxylation sites is 1. The maximum Gasteiger partial charge on any atom is 0.238 e. The second-order valence-corrected chi connectivity index (χ2v) is 12.4. The Balaban J connectivity index is 1.38. The van der Waals surface area contributed by atoms with Gasteiger partial charge in [-0.1, -0.05) is 103 Å². The summed E-state index contributed by atoms with van der Waals surface area (Å²) in [5.74, 6) is 0.454. The van der Waals surface area contributed by atoms with Gasteiger partial charge in [0.15, 0.2) is 0 Å². The molecule has 2 amide bonds. The zero-order valence-corrected chi connectivity index (χ0v) is 24.8. The van der Waals surface area contributed by atoms with Gasteiger partial charge in [0.2, 0.25) is 11.8 Å². The van der Waals surface area contributed by atoms with Gasteiger partial charge >= 0.3 is 0 Å². The first-order valence-electron chi connectivity index (χ1n) is 15.4. The van der Waals surface area contributed by atoms with Crippen molar-refractivity contribution in [2.45, 2.75) is 43.6 Å². The van der Waals surface area contributed by atoms with Gasteiger partial charge in [-0.3, -0.25) is 14.5 Å². The summed E-state index contributed by atoms with van der Waals surface area (Å²) in [7, 11) is 1.62. The summed E-state index contributed by atoms with van der Waals surface area (Å²) in [5.41, 5.74) is 4.54. The molecule has 218 valence electrons. The van der Waals surface area contributed by atoms with E-state index in [1.807, 2.05) is 61.5 Å². The molecule has 0 aromatic heterocycles. The molecule has 2 fully saturated rings. The van der Waals surface area contributed by atoms with Gasteiger partial charge in [0, 0.05) is 35.9 Å². The number of imide groups is 1. The Kier molecular flexibility index (Phi) is 6.94. The molecule has 4 aromatic carbocycles. The van der Waals surface area contributed by atoms with Crippen LogP contribution < -0.4 is 10.1 Å². The van der Waals surface area contributed by atoms with E-state index in [1.54, 1.807) is 12.0 Å². The Bertz CT molecular complexity index is 1650. The smallest absolute Gasteiger partial charge is 0.238 e. The molecule has 5 atom stereocenters. The number of ether oxygens (including phenoxy) is 1. The predicted octanol–water partition coefficient (Wildman–Crippen LogP) is 6.44. The standard InChI is InChI=1S/C38H38N2O3/c1-26(27-13-5-3-6-14-27)40(35(41)23-28-15-9-12-20-33(28)43-2)36(42)38-25-39-24-34(38)37(29-16-7-4-8-17-29)22-21-32(38)30-18-10-11-19-31(30)37/h3-20,26,32,34,39H,21-25H2,1-2H3/t26-,32-,34+,37-,38+/m1/s1. The van der Waals surface area contributed by atoms with Crippen LogP contribution in [0.3, 0.4) is 0 Å². The molecule has 0 spiro atoms. The summed E-state index contributed by atoms with van der Waals surface area (Å²) >= 11 is 0. The summed E-state index contributed by atoms with van der Waals surface area (Å²) in [6, 6.07) is 36.6. The van der Waals surface area contributed by atoms with Crippen LogP contribution in [0.2, 0.25) is 0 Å². The van der Waals surface area contributed by atoms with Crippen molar-refractivity contribution in [3.63, 3.8) is 0 Å². The number of hydrogen-bond donors (Lipinski definition) is 1. The van der Waals surface area contributed by atoms with Crippen LogP contribution in [0.15, 0.2) is 109 Å². The first kappa shape index (κ1) is 27.6. The quantitative estimate of drug-likeness (QED) is 0.278. The number of nitrogens with zero attached hydrogens (tertiary/aromatic N) is 1. The molecule has 0 radical (unpaired) electrons. The van der Waals surface area contributed by atoms with Gasteiger partial charge in [-0.15, -0.1) is 0 Å². The third-order valence-electron chi connectivity index (χ3n) is 10.6. The second kappa shape index (κ2) is 10.8. The third-order valence-corrected chi connectivity index (χ3v) is 10.6. The van der Waals surface area contributed by atoms with Crippen LogP contribution in [0.1, 0.15) is 59.5 Å². The van der Waals surface area contributed by atoms with E-state index < -0.39 is 11.5 Å². The number of benzene rings is 4. The van der Waals surface area contributed by atoms with Crippen molar-refractivity contribution in [1.82, 2.24) is 10.2 Å². The summed E-state index contributed by atoms with van der Waals surface area (Å²) in [6.07, 6.45) is 1.99. The van der Waals surface area contributed by atoms with E-state index >= 15 is 4.79 Å². The van der Waals surface area contributed by atoms with Gasteiger partial charge in [-0.05, 0) is 48.1 Å². The molecule has 1 saturated carbocycles. The van der Waals surface area contributed by atoms with Crippen molar-refractivity contribution in [2.24, 2.45) is 11.3 Å². The molecule has 3 aliphatic carbocycles. The molecular formula is C38H38N2O3. The van der Waals surface area contributed by atoms with E-state index in [0.717, 1.165) is 30.5 Å². The molecule has 1 heterocycles. The molecule has 4 aromatic rings. The Morgan fingerprint density at radius 1 is 0.907 bits per heavy atom. The maximum atomic E-state index is 15.5. The Labute approximate surface area is 253 Å². The van der Waals surface area contributed by atoms with Crippen LogP contribution >= 0.6 is 0 Å². The number of amides is 2. The van der Waals surface area contributed by atoms with Crippen LogP contribution in [0.4, 0.5) is 0 Å². The first-order chi connectivity index (χ1) is 21.0. The van der Waals surface area contributed by atoms with Crippen molar-refractivity contribution in [2.75, 3.05) is 20.2 Å². The van der Waals surface area contributed by atoms with Gasteiger partial charge < -0.3 is 10.1 Å². The van der Waals surface area contributed by atoms with Crippen molar-refractivity contribution in [3.8, 4) is 5.75 Å². The fourth-order valence-electron chi connectivity index (χ4n) is 8.79. The van der Waals surface area contributed by atoms with Crippen LogP contribution in [-0.4, -0.2) is 36.9 Å². The Hall–Kier alpha value is -4.22. The largest absolute Gasteiger partial charge is 0.496 e. The number of nitrogens with one attached hydrogen (secondary N) is 1. The van der Waals surface area contributed by atoms with Gasteiger partial charge in [-0.25, -0.2) is 0 Å². The number of methoxy groups -OCH3 is 1. The van der Waals surface area contributed by atoms with E-state index in [9.17, 15) is 4.79 Å². The molecule has 2 bridgehead atoms. The molecule has 5 nitrogen and oxygen atoms in total. The number of carbonyl (C=O) groups is 2. The van der Waals surface area contributed by atoms with Gasteiger partial charge in [0.1, 0.15) is 5.75 Å². The monoisotopic (exact) mass is 570 g/mol. The van der Waals surface area contributed by atoms with Crippen molar-refractivity contribution in [3.05, 3.63) is 137 Å². The topological polar surface area (TPSA) is 58.6 Å². The van der Waals surface area contributed by atoms with E-state index in [0.29, 0.717) is 12.3 Å². The summed E-state index contributed by atoms with van der Waals surface area (Å²) in [5, 5.41) is 3.68. The highest BCUT2D eigenvalue weighted by Gasteiger charge is 2.69. The minimum atomic E-state index is -0.748. The molecule has 4 aliphatic rings. The van der Waals surface area contributed by atoms with Gasteiger partial charge in [0.25, 0.3) is 0 Å². The minimum absolute atomic E-state index is 0.0214. The zero-order valence-electron chi connectivity index (χ0n) is 24.8. The van der Waals surface area contributed by atoms with Crippen molar-refractivity contribution < 1.29 is 14.3 Å². The highest BCUT2D eigenvalue weighted by atomic mass is 16.5. The van der Waals surface area contributed by atoms with Crippen molar-refractivity contribution >= 4 is 11.8 Å². The normalized spacial score (nSPS) is 25.8. The van der Waals surface area contributed by atoms with E-state index in [-0.39, 0.29) is 35.5 Å². The van der Waals surface area contributed by atoms with Crippen LogP contribution in [-0.2, 0) is 21.4 Å². The molecule has 43 heavy (non-hydrogen) atoms. The van der Waals surface area contributed by atoms with Crippen LogP contribution in [0, 0.1) is 11.3 Å². The number of rotatable bonds is 7. The average molecular weight is 571 g/mol. The average Bonchev–Trinajstić information content (AvgIpc) is 3.54. The lowest BCUT2D eigenvalue weighted by atomic mass is 9.41. The molecule has 1 aliphatic heterocycles. The summed E-state index contributed by atoms with van der Waals surface area (Å²) in [4.78, 5) is 31.6. The summed E-state index contributed by atoms with van der Waals surface area (Å²) in [6.45, 7) is 3.28. The second-order valence-electron chi connectivity index (χ2n) is 12.4. The van der Waals surface area contributed by atoms with Crippen molar-refractivity contribution in [1.29, 1.82) is 0 Å². The van der Waals surface area contributed by atoms with Gasteiger partial charge in [-0.2, -0.15) is 0 Å². The summed E-state index contributed by atoms with van der Waals surface area (Å²) < 4.78 is 5.59. The lowest BCUT2D eigenvalue weighted by Crippen LogP contribution is -2.64. The van der Waals surface area contributed by atoms with E-state index in [1.165, 1.54) is 16.7 Å². The lowest BCUT2D eigenvalue weighted by Gasteiger charge is -2.61. The van der Waals surface area contributed by atoms with Gasteiger partial charge in [0.05, 0.1) is 25.0 Å². The molecule has 0 unspecified atom stereocenters. The van der Waals surface area contributed by atoms with Crippen LogP contribution in [0.5, 0.6) is 5.75 Å². The minimum Gasteiger partial charge on any atom is -0.496 e. The number of hydrogen-bond acceptors (Lipinski definition) is 4. The molecule has 8 rings (SSSR count). The fourth-order valence-corrected chi connectivity index (χ4v) is 8.79.